The molecule has 2 aromatic carbocycles. The zero-order valence-corrected chi connectivity index (χ0v) is 20.8. The quantitative estimate of drug-likeness (QED) is 0.254. The maximum Gasteiger partial charge on any atom is 0.165 e. The molecular weight excluding hydrogens is 456 g/mol. The van der Waals surface area contributed by atoms with Crippen molar-refractivity contribution in [3.05, 3.63) is 94.9 Å². The molecule has 6 heteroatoms. The van der Waals surface area contributed by atoms with Crippen molar-refractivity contribution in [3.8, 4) is 0 Å². The first-order valence-corrected chi connectivity index (χ1v) is 12.7. The van der Waals surface area contributed by atoms with Crippen LogP contribution in [0.5, 0.6) is 0 Å². The van der Waals surface area contributed by atoms with Crippen LogP contribution in [0.4, 0.5) is 14.5 Å². The number of carbonyl (C=O) groups excluding carboxylic acids is 1. The van der Waals surface area contributed by atoms with Gasteiger partial charge in [0.1, 0.15) is 0 Å². The number of pyridine rings is 1. The van der Waals surface area contributed by atoms with Crippen LogP contribution in [-0.4, -0.2) is 28.4 Å². The molecule has 2 aromatic heterocycles. The molecule has 0 bridgehead atoms. The molecule has 1 saturated heterocycles. The number of aryl methyl sites for hydroxylation is 1. The number of carbonyl (C=O) groups is 1. The average Bonchev–Trinajstić information content (AvgIpc) is 3.52. The van der Waals surface area contributed by atoms with Crippen molar-refractivity contribution >= 4 is 22.4 Å². The van der Waals surface area contributed by atoms with E-state index in [1.54, 1.807) is 12.3 Å². The fraction of sp³-hybridized carbons (Fsp3) is 0.333. The SMILES string of the molecule is CC(C)c1c(C(=O)CCc2ccc(F)c(F)c2)c2ccc(N3CCCC3)cc2n1Cc1ccccn1. The number of nitrogens with zero attached hydrogens (tertiary/aromatic N) is 3. The van der Waals surface area contributed by atoms with Crippen LogP contribution in [0.25, 0.3) is 10.9 Å². The van der Waals surface area contributed by atoms with Crippen LogP contribution in [-0.2, 0) is 13.0 Å². The van der Waals surface area contributed by atoms with E-state index in [0.29, 0.717) is 18.5 Å². The van der Waals surface area contributed by atoms with Crippen LogP contribution in [0, 0.1) is 11.6 Å². The summed E-state index contributed by atoms with van der Waals surface area (Å²) < 4.78 is 29.3. The normalized spacial score (nSPS) is 13.8. The molecule has 4 nitrogen and oxygen atoms in total. The number of Topliss-reactive ketones (excluding diaryl/α,β-unsaturated/α-hetero) is 1. The fourth-order valence-electron chi connectivity index (χ4n) is 5.32. The summed E-state index contributed by atoms with van der Waals surface area (Å²) in [6, 6.07) is 16.1. The molecule has 3 heterocycles. The Hall–Kier alpha value is -3.54. The van der Waals surface area contributed by atoms with Gasteiger partial charge >= 0.3 is 0 Å². The molecule has 0 N–H and O–H groups in total. The molecular formula is C30H31F2N3O. The van der Waals surface area contributed by atoms with Gasteiger partial charge in [-0.25, -0.2) is 8.78 Å². The van der Waals surface area contributed by atoms with Crippen molar-refractivity contribution < 1.29 is 13.6 Å². The molecule has 1 aliphatic rings. The largest absolute Gasteiger partial charge is 0.371 e. The Morgan fingerprint density at radius 3 is 2.50 bits per heavy atom. The number of halogens is 2. The Morgan fingerprint density at radius 1 is 1.00 bits per heavy atom. The van der Waals surface area contributed by atoms with Crippen LogP contribution in [0.2, 0.25) is 0 Å². The summed E-state index contributed by atoms with van der Waals surface area (Å²) in [5.41, 5.74) is 5.47. The lowest BCUT2D eigenvalue weighted by Crippen LogP contribution is -2.17. The van der Waals surface area contributed by atoms with Crippen molar-refractivity contribution in [3.63, 3.8) is 0 Å². The second-order valence-electron chi connectivity index (χ2n) is 9.89. The number of aromatic nitrogens is 2. The summed E-state index contributed by atoms with van der Waals surface area (Å²) in [4.78, 5) is 20.7. The molecule has 0 unspecified atom stereocenters. The molecule has 186 valence electrons. The maximum absolute atomic E-state index is 13.7. The van der Waals surface area contributed by atoms with E-state index in [4.69, 9.17) is 0 Å². The lowest BCUT2D eigenvalue weighted by molar-refractivity contribution is 0.0983. The Balaban J connectivity index is 1.58. The summed E-state index contributed by atoms with van der Waals surface area (Å²) in [5, 5.41) is 0.938. The third kappa shape index (κ3) is 4.77. The molecule has 0 radical (unpaired) electrons. The maximum atomic E-state index is 13.7. The molecule has 1 fully saturated rings. The minimum Gasteiger partial charge on any atom is -0.371 e. The van der Waals surface area contributed by atoms with Crippen molar-refractivity contribution in [1.82, 2.24) is 9.55 Å². The first kappa shape index (κ1) is 24.2. The van der Waals surface area contributed by atoms with Crippen molar-refractivity contribution in [1.29, 1.82) is 0 Å². The first-order valence-electron chi connectivity index (χ1n) is 12.7. The third-order valence-electron chi connectivity index (χ3n) is 7.06. The highest BCUT2D eigenvalue weighted by Gasteiger charge is 2.26. The van der Waals surface area contributed by atoms with Crippen LogP contribution in [0.15, 0.2) is 60.8 Å². The standard InChI is InChI=1S/C30H31F2N3O/c1-20(2)30-29(28(36)13-9-21-8-12-25(31)26(32)17-21)24-11-10-23(34-15-5-6-16-34)18-27(24)35(30)19-22-7-3-4-14-33-22/h3-4,7-8,10-12,14,17-18,20H,5-6,9,13,15-16,19H2,1-2H3. The Labute approximate surface area is 210 Å². The number of anilines is 1. The topological polar surface area (TPSA) is 38.1 Å². The molecule has 0 saturated carbocycles. The minimum atomic E-state index is -0.885. The third-order valence-corrected chi connectivity index (χ3v) is 7.06. The monoisotopic (exact) mass is 487 g/mol. The van der Waals surface area contributed by atoms with Crippen molar-refractivity contribution in [2.24, 2.45) is 0 Å². The molecule has 4 aromatic rings. The molecule has 0 spiro atoms. The van der Waals surface area contributed by atoms with Crippen LogP contribution in [0.3, 0.4) is 0 Å². The summed E-state index contributed by atoms with van der Waals surface area (Å²) in [7, 11) is 0. The zero-order valence-electron chi connectivity index (χ0n) is 20.8. The van der Waals surface area contributed by atoms with Crippen LogP contribution in [0.1, 0.15) is 66.3 Å². The first-order chi connectivity index (χ1) is 17.4. The predicted molar refractivity (Wildman–Crippen MR) is 140 cm³/mol. The van der Waals surface area contributed by atoms with Gasteiger partial charge in [0.25, 0.3) is 0 Å². The number of ketones is 1. The van der Waals surface area contributed by atoms with E-state index in [1.165, 1.54) is 24.6 Å². The number of hydrogen-bond acceptors (Lipinski definition) is 3. The lowest BCUT2D eigenvalue weighted by atomic mass is 9.96. The van der Waals surface area contributed by atoms with Crippen molar-refractivity contribution in [2.75, 3.05) is 18.0 Å². The average molecular weight is 488 g/mol. The van der Waals surface area contributed by atoms with E-state index in [9.17, 15) is 13.6 Å². The van der Waals surface area contributed by atoms with Gasteiger partial charge in [-0.05, 0) is 67.1 Å². The number of rotatable bonds is 8. The lowest BCUT2D eigenvalue weighted by Gasteiger charge is -2.18. The molecule has 0 atom stereocenters. The second kappa shape index (κ2) is 10.2. The van der Waals surface area contributed by atoms with Gasteiger partial charge in [0, 0.05) is 48.0 Å². The zero-order chi connectivity index (χ0) is 25.2. The highest BCUT2D eigenvalue weighted by Crippen LogP contribution is 2.36. The number of fused-ring (bicyclic) bond motifs is 1. The van der Waals surface area contributed by atoms with Gasteiger partial charge in [0.2, 0.25) is 0 Å². The summed E-state index contributed by atoms with van der Waals surface area (Å²) >= 11 is 0. The Kier molecular flexibility index (Phi) is 6.86. The van der Waals surface area contributed by atoms with E-state index < -0.39 is 11.6 Å². The van der Waals surface area contributed by atoms with Gasteiger partial charge in [0.05, 0.1) is 17.8 Å². The summed E-state index contributed by atoms with van der Waals surface area (Å²) in [6.07, 6.45) is 4.75. The smallest absolute Gasteiger partial charge is 0.165 e. The van der Waals surface area contributed by atoms with E-state index in [0.717, 1.165) is 47.0 Å². The van der Waals surface area contributed by atoms with E-state index in [1.807, 2.05) is 18.2 Å². The van der Waals surface area contributed by atoms with E-state index in [2.05, 4.69) is 46.5 Å². The van der Waals surface area contributed by atoms with Crippen molar-refractivity contribution in [2.45, 2.75) is 52.0 Å². The van der Waals surface area contributed by atoms with E-state index in [-0.39, 0.29) is 18.1 Å². The molecule has 0 aliphatic carbocycles. The second-order valence-corrected chi connectivity index (χ2v) is 9.89. The number of benzene rings is 2. The summed E-state index contributed by atoms with van der Waals surface area (Å²) in [6.45, 7) is 6.88. The molecule has 1 aliphatic heterocycles. The predicted octanol–water partition coefficient (Wildman–Crippen LogP) is 6.90. The molecule has 36 heavy (non-hydrogen) atoms. The highest BCUT2D eigenvalue weighted by molar-refractivity contribution is 6.10. The molecule has 0 amide bonds. The van der Waals surface area contributed by atoms with Gasteiger partial charge < -0.3 is 9.47 Å². The molecule has 5 rings (SSSR count). The van der Waals surface area contributed by atoms with Gasteiger partial charge in [-0.2, -0.15) is 0 Å². The van der Waals surface area contributed by atoms with Gasteiger partial charge in [0.15, 0.2) is 17.4 Å². The fourth-order valence-corrected chi connectivity index (χ4v) is 5.32. The van der Waals surface area contributed by atoms with E-state index >= 15 is 0 Å². The Bertz CT molecular complexity index is 1390. The Morgan fingerprint density at radius 2 is 1.81 bits per heavy atom. The van der Waals surface area contributed by atoms with Crippen LogP contribution < -0.4 is 4.90 Å². The number of hydrogen-bond donors (Lipinski definition) is 0. The van der Waals surface area contributed by atoms with Gasteiger partial charge in [-0.15, -0.1) is 0 Å². The summed E-state index contributed by atoms with van der Waals surface area (Å²) in [5.74, 6) is -1.64. The highest BCUT2D eigenvalue weighted by atomic mass is 19.2. The van der Waals surface area contributed by atoms with Gasteiger partial charge in [-0.1, -0.05) is 32.0 Å². The minimum absolute atomic E-state index is 0.0159. The van der Waals surface area contributed by atoms with Gasteiger partial charge in [-0.3, -0.25) is 9.78 Å². The van der Waals surface area contributed by atoms with Crippen LogP contribution >= 0.6 is 0 Å².